The zero-order chi connectivity index (χ0) is 13.5. The van der Waals surface area contributed by atoms with Crippen LogP contribution in [0.5, 0.6) is 5.75 Å². The average molecular weight is 266 g/mol. The van der Waals surface area contributed by atoms with Crippen LogP contribution in [0.2, 0.25) is 0 Å². The summed E-state index contributed by atoms with van der Waals surface area (Å²) in [6.07, 6.45) is 0. The highest BCUT2D eigenvalue weighted by atomic mass is 16.5. The van der Waals surface area contributed by atoms with Gasteiger partial charge in [0.15, 0.2) is 12.5 Å². The predicted octanol–water partition coefficient (Wildman–Crippen LogP) is 3.49. The Morgan fingerprint density at radius 3 is 2.65 bits per heavy atom. The quantitative estimate of drug-likeness (QED) is 0.675. The number of hydrogen-bond acceptors (Lipinski definition) is 4. The molecule has 20 heavy (non-hydrogen) atoms. The van der Waals surface area contributed by atoms with E-state index in [1.807, 2.05) is 19.1 Å². The van der Waals surface area contributed by atoms with Gasteiger partial charge < -0.3 is 14.2 Å². The normalized spacial score (nSPS) is 14.2. The molecule has 0 bridgehead atoms. The first-order valence-electron chi connectivity index (χ1n) is 6.62. The molecule has 1 aliphatic heterocycles. The predicted molar refractivity (Wildman–Crippen MR) is 76.9 cm³/mol. The average Bonchev–Trinajstić information content (AvgIpc) is 2.91. The fourth-order valence-corrected chi connectivity index (χ4v) is 2.57. The van der Waals surface area contributed by atoms with Crippen LogP contribution in [0, 0.1) is 6.92 Å². The van der Waals surface area contributed by atoms with Crippen LogP contribution in [0.1, 0.15) is 11.3 Å². The van der Waals surface area contributed by atoms with E-state index in [2.05, 4.69) is 40.4 Å². The van der Waals surface area contributed by atoms with E-state index >= 15 is 0 Å². The number of nitrogens with zero attached hydrogens (tertiary/aromatic N) is 2. The molecule has 0 saturated carbocycles. The van der Waals surface area contributed by atoms with Crippen LogP contribution in [-0.4, -0.2) is 11.9 Å². The monoisotopic (exact) mass is 266 g/mol. The van der Waals surface area contributed by atoms with Crippen molar-refractivity contribution in [2.75, 3.05) is 11.6 Å². The third kappa shape index (κ3) is 1.81. The van der Waals surface area contributed by atoms with Gasteiger partial charge in [-0.2, -0.15) is 0 Å². The molecule has 0 saturated heterocycles. The fraction of sp³-hybridized carbons (Fsp3) is 0.188. The Labute approximate surface area is 116 Å². The minimum Gasteiger partial charge on any atom is -0.473 e. The molecule has 4 heteroatoms. The summed E-state index contributed by atoms with van der Waals surface area (Å²) >= 11 is 0. The summed E-state index contributed by atoms with van der Waals surface area (Å²) in [6, 6.07) is 14.5. The first-order valence-corrected chi connectivity index (χ1v) is 6.62. The van der Waals surface area contributed by atoms with Gasteiger partial charge in [-0.05, 0) is 29.8 Å². The van der Waals surface area contributed by atoms with Crippen molar-refractivity contribution < 1.29 is 9.26 Å². The molecule has 100 valence electrons. The molecule has 4 rings (SSSR count). The van der Waals surface area contributed by atoms with Gasteiger partial charge in [-0.1, -0.05) is 29.4 Å². The van der Waals surface area contributed by atoms with E-state index < -0.39 is 0 Å². The maximum Gasteiger partial charge on any atom is 0.175 e. The lowest BCUT2D eigenvalue weighted by Crippen LogP contribution is -2.32. The summed E-state index contributed by atoms with van der Waals surface area (Å²) in [6.45, 7) is 3.17. The SMILES string of the molecule is Cc1cc(N2COc3cc4ccccc4cc3C2)no1. The number of fused-ring (bicyclic) bond motifs is 2. The molecule has 4 nitrogen and oxygen atoms in total. The van der Waals surface area contributed by atoms with Gasteiger partial charge in [0, 0.05) is 11.6 Å². The van der Waals surface area contributed by atoms with Crippen LogP contribution in [0.3, 0.4) is 0 Å². The highest BCUT2D eigenvalue weighted by molar-refractivity contribution is 5.85. The maximum absolute atomic E-state index is 5.85. The summed E-state index contributed by atoms with van der Waals surface area (Å²) < 4.78 is 11.0. The van der Waals surface area contributed by atoms with Crippen LogP contribution >= 0.6 is 0 Å². The molecule has 1 aliphatic rings. The Hall–Kier alpha value is -2.49. The molecule has 0 spiro atoms. The third-order valence-electron chi connectivity index (χ3n) is 3.61. The van der Waals surface area contributed by atoms with Crippen molar-refractivity contribution in [2.45, 2.75) is 13.5 Å². The van der Waals surface area contributed by atoms with Crippen molar-refractivity contribution in [1.29, 1.82) is 0 Å². The summed E-state index contributed by atoms with van der Waals surface area (Å²) in [5.41, 5.74) is 1.18. The molecular weight excluding hydrogens is 252 g/mol. The molecular formula is C16H14N2O2. The Bertz CT molecular complexity index is 779. The van der Waals surface area contributed by atoms with Crippen LogP contribution in [0.15, 0.2) is 47.0 Å². The van der Waals surface area contributed by atoms with E-state index in [4.69, 9.17) is 9.26 Å². The molecule has 0 fully saturated rings. The van der Waals surface area contributed by atoms with E-state index in [0.717, 1.165) is 23.9 Å². The summed E-state index contributed by atoms with van der Waals surface area (Å²) in [5.74, 6) is 2.59. The molecule has 0 radical (unpaired) electrons. The van der Waals surface area contributed by atoms with Gasteiger partial charge in [-0.25, -0.2) is 0 Å². The Balaban J connectivity index is 1.73. The molecule has 0 atom stereocenters. The maximum atomic E-state index is 5.85. The highest BCUT2D eigenvalue weighted by Gasteiger charge is 2.20. The number of rotatable bonds is 1. The topological polar surface area (TPSA) is 38.5 Å². The van der Waals surface area contributed by atoms with E-state index in [1.54, 1.807) is 0 Å². The molecule has 2 aromatic carbocycles. The second kappa shape index (κ2) is 4.27. The molecule has 0 unspecified atom stereocenters. The number of benzene rings is 2. The largest absolute Gasteiger partial charge is 0.473 e. The van der Waals surface area contributed by atoms with Crippen molar-refractivity contribution in [1.82, 2.24) is 5.16 Å². The van der Waals surface area contributed by atoms with Gasteiger partial charge >= 0.3 is 0 Å². The first-order chi connectivity index (χ1) is 9.79. The Kier molecular flexibility index (Phi) is 2.42. The Morgan fingerprint density at radius 1 is 1.10 bits per heavy atom. The molecule has 0 amide bonds. The lowest BCUT2D eigenvalue weighted by atomic mass is 10.0. The number of aromatic nitrogens is 1. The van der Waals surface area contributed by atoms with E-state index in [0.29, 0.717) is 6.73 Å². The molecule has 2 heterocycles. The fourth-order valence-electron chi connectivity index (χ4n) is 2.57. The second-order valence-corrected chi connectivity index (χ2v) is 5.07. The van der Waals surface area contributed by atoms with Crippen molar-refractivity contribution in [3.05, 3.63) is 53.8 Å². The second-order valence-electron chi connectivity index (χ2n) is 5.07. The lowest BCUT2D eigenvalue weighted by Gasteiger charge is -2.28. The van der Waals surface area contributed by atoms with Gasteiger partial charge in [0.25, 0.3) is 0 Å². The standard InChI is InChI=1S/C16H14N2O2/c1-11-6-16(17-20-11)18-9-14-7-12-4-2-3-5-13(12)8-15(14)19-10-18/h2-8H,9-10H2,1H3. The van der Waals surface area contributed by atoms with Gasteiger partial charge in [0.05, 0.1) is 6.54 Å². The first kappa shape index (κ1) is 11.3. The number of anilines is 1. The van der Waals surface area contributed by atoms with Crippen LogP contribution in [-0.2, 0) is 6.54 Å². The van der Waals surface area contributed by atoms with Crippen LogP contribution in [0.25, 0.3) is 10.8 Å². The van der Waals surface area contributed by atoms with Crippen molar-refractivity contribution >= 4 is 16.6 Å². The van der Waals surface area contributed by atoms with E-state index in [1.165, 1.54) is 16.3 Å². The van der Waals surface area contributed by atoms with E-state index in [9.17, 15) is 0 Å². The summed E-state index contributed by atoms with van der Waals surface area (Å²) in [4.78, 5) is 2.06. The van der Waals surface area contributed by atoms with Crippen molar-refractivity contribution in [2.24, 2.45) is 0 Å². The molecule has 1 aromatic heterocycles. The molecule has 3 aromatic rings. The number of aryl methyl sites for hydroxylation is 1. The van der Waals surface area contributed by atoms with E-state index in [-0.39, 0.29) is 0 Å². The zero-order valence-electron chi connectivity index (χ0n) is 11.2. The number of ether oxygens (including phenoxy) is 1. The minimum absolute atomic E-state index is 0.497. The van der Waals surface area contributed by atoms with Gasteiger partial charge in [0.2, 0.25) is 0 Å². The van der Waals surface area contributed by atoms with Gasteiger partial charge in [-0.3, -0.25) is 0 Å². The van der Waals surface area contributed by atoms with Gasteiger partial charge in [-0.15, -0.1) is 0 Å². The molecule has 0 aliphatic carbocycles. The van der Waals surface area contributed by atoms with Crippen molar-refractivity contribution in [3.63, 3.8) is 0 Å². The zero-order valence-corrected chi connectivity index (χ0v) is 11.2. The Morgan fingerprint density at radius 2 is 1.90 bits per heavy atom. The molecule has 0 N–H and O–H groups in total. The van der Waals surface area contributed by atoms with Crippen molar-refractivity contribution in [3.8, 4) is 5.75 Å². The lowest BCUT2D eigenvalue weighted by molar-refractivity contribution is 0.285. The number of hydrogen-bond donors (Lipinski definition) is 0. The van der Waals surface area contributed by atoms with Crippen LogP contribution in [0.4, 0.5) is 5.82 Å². The van der Waals surface area contributed by atoms with Crippen LogP contribution < -0.4 is 9.64 Å². The summed E-state index contributed by atoms with van der Waals surface area (Å²) in [7, 11) is 0. The third-order valence-corrected chi connectivity index (χ3v) is 3.61. The summed E-state index contributed by atoms with van der Waals surface area (Å²) in [5, 5.41) is 6.48. The minimum atomic E-state index is 0.497. The van der Waals surface area contributed by atoms with Gasteiger partial charge in [0.1, 0.15) is 11.5 Å². The smallest absolute Gasteiger partial charge is 0.175 e. The highest BCUT2D eigenvalue weighted by Crippen LogP contribution is 2.31.